The summed E-state index contributed by atoms with van der Waals surface area (Å²) in [4.78, 5) is 5.13. The number of nitriles is 3. The molecule has 0 radical (unpaired) electrons. The zero-order valence-electron chi connectivity index (χ0n) is 16.4. The number of aromatic amines is 1. The van der Waals surface area contributed by atoms with E-state index < -0.39 is 5.92 Å². The van der Waals surface area contributed by atoms with Crippen LogP contribution in [-0.4, -0.2) is 20.2 Å². The van der Waals surface area contributed by atoms with Crippen molar-refractivity contribution in [1.82, 2.24) is 0 Å². The van der Waals surface area contributed by atoms with E-state index >= 15 is 0 Å². The summed E-state index contributed by atoms with van der Waals surface area (Å²) in [6.45, 7) is 1.62. The predicted molar refractivity (Wildman–Crippen MR) is 108 cm³/mol. The summed E-state index contributed by atoms with van der Waals surface area (Å²) in [6.07, 6.45) is 3.55. The molecule has 1 fully saturated rings. The highest BCUT2D eigenvalue weighted by Gasteiger charge is 2.31. The molecule has 1 atom stereocenters. The van der Waals surface area contributed by atoms with E-state index in [1.807, 2.05) is 24.3 Å². The number of methoxy groups -OCH3 is 1. The molecule has 1 aliphatic heterocycles. The first kappa shape index (κ1) is 20.0. The number of anilines is 2. The molecule has 7 nitrogen and oxygen atoms in total. The lowest BCUT2D eigenvalue weighted by molar-refractivity contribution is -0.347. The van der Waals surface area contributed by atoms with E-state index in [4.69, 9.17) is 10.5 Å². The molecule has 0 saturated carbocycles. The summed E-state index contributed by atoms with van der Waals surface area (Å²) in [7, 11) is 1.58. The third-order valence-electron chi connectivity index (χ3n) is 5.27. The summed E-state index contributed by atoms with van der Waals surface area (Å²) in [5, 5.41) is 29.6. The summed E-state index contributed by atoms with van der Waals surface area (Å²) in [6, 6.07) is 14.0. The molecule has 1 saturated heterocycles. The maximum absolute atomic E-state index is 9.96. The minimum Gasteiger partial charge on any atom is -0.497 e. The van der Waals surface area contributed by atoms with E-state index in [2.05, 4.69) is 28.1 Å². The molecule has 29 heavy (non-hydrogen) atoms. The molecule has 1 aliphatic rings. The Bertz CT molecular complexity index is 1020. The summed E-state index contributed by atoms with van der Waals surface area (Å²) in [5.74, 6) is 0.791. The van der Waals surface area contributed by atoms with Crippen LogP contribution in [0, 0.1) is 34.0 Å². The number of hydrogen-bond acceptors (Lipinski definition) is 6. The first-order valence-corrected chi connectivity index (χ1v) is 9.59. The Morgan fingerprint density at radius 2 is 1.86 bits per heavy atom. The molecule has 2 heterocycles. The largest absolute Gasteiger partial charge is 0.497 e. The van der Waals surface area contributed by atoms with Gasteiger partial charge in [-0.2, -0.15) is 15.8 Å². The van der Waals surface area contributed by atoms with E-state index in [0.29, 0.717) is 29.1 Å². The fourth-order valence-electron chi connectivity index (χ4n) is 3.83. The lowest BCUT2D eigenvalue weighted by atomic mass is 9.87. The first-order valence-electron chi connectivity index (χ1n) is 9.59. The average molecular weight is 387 g/mol. The van der Waals surface area contributed by atoms with E-state index in [-0.39, 0.29) is 11.4 Å². The Hall–Kier alpha value is -3.76. The minimum atomic E-state index is -0.688. The number of ether oxygens (including phenoxy) is 1. The number of piperidine rings is 1. The summed E-state index contributed by atoms with van der Waals surface area (Å²) in [5.41, 5.74) is 7.92. The highest BCUT2D eigenvalue weighted by molar-refractivity contribution is 5.66. The quantitative estimate of drug-likeness (QED) is 0.841. The molecule has 0 aliphatic carbocycles. The predicted octanol–water partition coefficient (Wildman–Crippen LogP) is 2.68. The van der Waals surface area contributed by atoms with Gasteiger partial charge in [0.2, 0.25) is 11.6 Å². The van der Waals surface area contributed by atoms with Crippen LogP contribution < -0.4 is 20.4 Å². The Kier molecular flexibility index (Phi) is 6.17. The van der Waals surface area contributed by atoms with Gasteiger partial charge in [0.05, 0.1) is 32.2 Å². The molecule has 3 rings (SSSR count). The number of nitrogens with two attached hydrogens (primary N) is 1. The van der Waals surface area contributed by atoms with Crippen LogP contribution in [0.4, 0.5) is 11.6 Å². The number of H-pyrrole nitrogens is 1. The van der Waals surface area contributed by atoms with Crippen molar-refractivity contribution < 1.29 is 9.72 Å². The number of nitrogens with zero attached hydrogens (tertiary/aromatic N) is 4. The van der Waals surface area contributed by atoms with Crippen molar-refractivity contribution in [2.24, 2.45) is 0 Å². The molecular formula is C22H23N6O+. The second-order valence-corrected chi connectivity index (χ2v) is 7.06. The Balaban J connectivity index is 2.12. The van der Waals surface area contributed by atoms with Gasteiger partial charge in [-0.25, -0.2) is 4.98 Å². The smallest absolute Gasteiger partial charge is 0.240 e. The van der Waals surface area contributed by atoms with Gasteiger partial charge in [-0.3, -0.25) is 4.90 Å². The fourth-order valence-corrected chi connectivity index (χ4v) is 3.83. The third kappa shape index (κ3) is 4.08. The van der Waals surface area contributed by atoms with Crippen molar-refractivity contribution in [3.05, 3.63) is 46.5 Å². The van der Waals surface area contributed by atoms with E-state index in [9.17, 15) is 15.8 Å². The topological polar surface area (TPSA) is 124 Å². The Morgan fingerprint density at radius 3 is 2.48 bits per heavy atom. The van der Waals surface area contributed by atoms with E-state index in [1.54, 1.807) is 7.11 Å². The van der Waals surface area contributed by atoms with Crippen molar-refractivity contribution in [3.63, 3.8) is 0 Å². The summed E-state index contributed by atoms with van der Waals surface area (Å²) >= 11 is 0. The molecule has 0 amide bonds. The molecule has 0 spiro atoms. The van der Waals surface area contributed by atoms with Crippen molar-refractivity contribution in [2.75, 3.05) is 30.8 Å². The van der Waals surface area contributed by atoms with Gasteiger partial charge in [0, 0.05) is 5.56 Å². The molecular weight excluding hydrogens is 364 g/mol. The van der Waals surface area contributed by atoms with Crippen molar-refractivity contribution >= 4 is 11.6 Å². The van der Waals surface area contributed by atoms with Crippen LogP contribution in [0.1, 0.15) is 47.4 Å². The third-order valence-corrected chi connectivity index (χ3v) is 5.27. The van der Waals surface area contributed by atoms with Crippen LogP contribution in [0.25, 0.3) is 0 Å². The maximum Gasteiger partial charge on any atom is 0.240 e. The molecule has 0 bridgehead atoms. The van der Waals surface area contributed by atoms with Gasteiger partial charge < -0.3 is 10.5 Å². The van der Waals surface area contributed by atoms with Crippen LogP contribution in [0.2, 0.25) is 0 Å². The zero-order chi connectivity index (χ0) is 20.8. The lowest BCUT2D eigenvalue weighted by Gasteiger charge is -2.25. The average Bonchev–Trinajstić information content (AvgIpc) is 2.77. The van der Waals surface area contributed by atoms with Crippen LogP contribution >= 0.6 is 0 Å². The maximum atomic E-state index is 9.96. The zero-order valence-corrected chi connectivity index (χ0v) is 16.4. The normalized spacial score (nSPS) is 14.3. The number of benzene rings is 1. The second kappa shape index (κ2) is 8.95. The molecule has 7 heteroatoms. The monoisotopic (exact) mass is 387 g/mol. The molecule has 146 valence electrons. The van der Waals surface area contributed by atoms with Crippen LogP contribution in [0.15, 0.2) is 24.3 Å². The van der Waals surface area contributed by atoms with Gasteiger partial charge >= 0.3 is 0 Å². The number of rotatable bonds is 5. The molecule has 2 aromatic rings. The van der Waals surface area contributed by atoms with Crippen LogP contribution in [0.3, 0.4) is 0 Å². The van der Waals surface area contributed by atoms with Gasteiger partial charge in [0.15, 0.2) is 0 Å². The van der Waals surface area contributed by atoms with Crippen molar-refractivity contribution in [3.8, 4) is 24.0 Å². The molecule has 1 aromatic heterocycles. The molecule has 3 N–H and O–H groups in total. The Morgan fingerprint density at radius 1 is 1.14 bits per heavy atom. The highest BCUT2D eigenvalue weighted by Crippen LogP contribution is 2.33. The van der Waals surface area contributed by atoms with E-state index in [1.165, 1.54) is 0 Å². The number of pyridine rings is 1. The van der Waals surface area contributed by atoms with Crippen LogP contribution in [0.5, 0.6) is 5.75 Å². The number of aromatic nitrogens is 1. The second-order valence-electron chi connectivity index (χ2n) is 7.06. The first-order chi connectivity index (χ1) is 14.1. The fraction of sp³-hybridized carbons (Fsp3) is 0.364. The lowest BCUT2D eigenvalue weighted by Crippen LogP contribution is -2.36. The molecule has 1 aromatic carbocycles. The number of nitrogen functional groups attached to an aromatic ring is 1. The number of hydrogen-bond donors (Lipinski definition) is 1. The minimum absolute atomic E-state index is 0.164. The summed E-state index contributed by atoms with van der Waals surface area (Å²) < 4.78 is 5.26. The Labute approximate surface area is 170 Å². The van der Waals surface area contributed by atoms with Crippen LogP contribution in [-0.2, 0) is 6.42 Å². The SMILES string of the molecule is COc1cccc(C[C@H](C#N)c2c(C#N)c(N)[nH+]c(N3CCCCC3)c2C#N)c1. The van der Waals surface area contributed by atoms with Gasteiger partial charge in [0.1, 0.15) is 29.0 Å². The van der Waals surface area contributed by atoms with Gasteiger partial charge in [-0.15, -0.1) is 0 Å². The van der Waals surface area contributed by atoms with Crippen molar-refractivity contribution in [1.29, 1.82) is 15.8 Å². The highest BCUT2D eigenvalue weighted by atomic mass is 16.5. The van der Waals surface area contributed by atoms with Gasteiger partial charge in [0.25, 0.3) is 0 Å². The molecule has 0 unspecified atom stereocenters. The van der Waals surface area contributed by atoms with Gasteiger partial charge in [-0.1, -0.05) is 12.1 Å². The van der Waals surface area contributed by atoms with E-state index in [0.717, 1.165) is 37.9 Å². The number of nitrogens with one attached hydrogen (secondary N) is 1. The van der Waals surface area contributed by atoms with Gasteiger partial charge in [-0.05, 0) is 43.4 Å². The van der Waals surface area contributed by atoms with Crippen molar-refractivity contribution in [2.45, 2.75) is 31.6 Å². The standard InChI is InChI=1S/C22H22N6O/c1-29-17-7-5-6-15(11-17)10-16(12-23)20-18(13-24)21(26)27-22(19(20)14-25)28-8-3-2-4-9-28/h5-7,11,16H,2-4,8-10H2,1H3,(H2,26,27)/p+1/t16-/m1/s1.